The summed E-state index contributed by atoms with van der Waals surface area (Å²) in [5, 5.41) is 1.34. The number of aromatic nitrogens is 1. The van der Waals surface area contributed by atoms with Crippen LogP contribution in [0.5, 0.6) is 11.5 Å². The van der Waals surface area contributed by atoms with E-state index in [2.05, 4.69) is 4.98 Å². The van der Waals surface area contributed by atoms with Gasteiger partial charge in [-0.2, -0.15) is 0 Å². The average Bonchev–Trinajstić information content (AvgIpc) is 3.52. The number of hydrogen-bond acceptors (Lipinski definition) is 6. The fourth-order valence-corrected chi connectivity index (χ4v) is 8.28. The van der Waals surface area contributed by atoms with Crippen molar-refractivity contribution >= 4 is 56.1 Å². The Hall–Kier alpha value is -3.57. The second kappa shape index (κ2) is 12.4. The Kier molecular flexibility index (Phi) is 8.61. The number of nitrogens with zero attached hydrogens (tertiary/aromatic N) is 2. The van der Waals surface area contributed by atoms with Gasteiger partial charge in [-0.25, -0.2) is 17.5 Å². The zero-order valence-corrected chi connectivity index (χ0v) is 26.1. The summed E-state index contributed by atoms with van der Waals surface area (Å²) in [5.74, 6) is 0.465. The molecule has 230 valence electrons. The van der Waals surface area contributed by atoms with Crippen molar-refractivity contribution in [1.29, 1.82) is 0 Å². The maximum Gasteiger partial charge on any atom is 0.341 e. The van der Waals surface area contributed by atoms with E-state index in [0.29, 0.717) is 23.2 Å². The van der Waals surface area contributed by atoms with E-state index in [9.17, 15) is 18.0 Å². The minimum absolute atomic E-state index is 0.0177. The molecule has 6 rings (SSSR count). The maximum absolute atomic E-state index is 14.2. The zero-order chi connectivity index (χ0) is 31.0. The van der Waals surface area contributed by atoms with Gasteiger partial charge in [0, 0.05) is 35.1 Å². The largest absolute Gasteiger partial charge is 0.456 e. The molecule has 2 heterocycles. The molecule has 1 saturated heterocycles. The van der Waals surface area contributed by atoms with Crippen molar-refractivity contribution in [2.24, 2.45) is 17.6 Å². The molecule has 2 aliphatic rings. The summed E-state index contributed by atoms with van der Waals surface area (Å²) in [6.07, 6.45) is 5.36. The molecule has 0 radical (unpaired) electrons. The second-order valence-corrected chi connectivity index (χ2v) is 14.1. The van der Waals surface area contributed by atoms with Gasteiger partial charge < -0.3 is 15.5 Å². The van der Waals surface area contributed by atoms with Crippen LogP contribution in [0.2, 0.25) is 10.0 Å². The molecule has 1 aliphatic carbocycles. The molecule has 1 aliphatic heterocycles. The smallest absolute Gasteiger partial charge is 0.341 e. The molecule has 3 N–H and O–H groups in total. The number of para-hydroxylation sites is 1. The van der Waals surface area contributed by atoms with Crippen LogP contribution in [0.25, 0.3) is 10.9 Å². The van der Waals surface area contributed by atoms with Gasteiger partial charge in [0.1, 0.15) is 17.5 Å². The van der Waals surface area contributed by atoms with Gasteiger partial charge in [-0.3, -0.25) is 9.69 Å². The number of sulfonamides is 1. The second-order valence-electron chi connectivity index (χ2n) is 11.4. The van der Waals surface area contributed by atoms with E-state index >= 15 is 0 Å². The molecule has 12 heteroatoms. The number of nitrogens with one attached hydrogen (secondary N) is 1. The number of urea groups is 1. The van der Waals surface area contributed by atoms with Crippen LogP contribution in [0.15, 0.2) is 77.8 Å². The molecule has 0 bridgehead atoms. The van der Waals surface area contributed by atoms with E-state index in [1.807, 2.05) is 24.3 Å². The van der Waals surface area contributed by atoms with Gasteiger partial charge in [0.2, 0.25) is 0 Å². The summed E-state index contributed by atoms with van der Waals surface area (Å²) >= 11 is 12.5. The Morgan fingerprint density at radius 1 is 0.977 bits per heavy atom. The molecule has 1 aromatic heterocycles. The van der Waals surface area contributed by atoms with Gasteiger partial charge in [-0.1, -0.05) is 53.9 Å². The lowest BCUT2D eigenvalue weighted by Gasteiger charge is -2.30. The number of aromatic amines is 1. The minimum Gasteiger partial charge on any atom is -0.456 e. The van der Waals surface area contributed by atoms with Crippen LogP contribution in [0.3, 0.4) is 0 Å². The van der Waals surface area contributed by atoms with Crippen LogP contribution in [0.4, 0.5) is 4.79 Å². The molecule has 9 nitrogen and oxygen atoms in total. The Morgan fingerprint density at radius 2 is 1.77 bits per heavy atom. The number of nitrogens with two attached hydrogens (primary N) is 1. The number of carbonyl (C=O) groups excluding carboxylic acids is 2. The molecule has 44 heavy (non-hydrogen) atoms. The molecule has 3 unspecified atom stereocenters. The highest BCUT2D eigenvalue weighted by Crippen LogP contribution is 2.37. The Balaban J connectivity index is 1.33. The first-order valence-corrected chi connectivity index (χ1v) is 16.7. The summed E-state index contributed by atoms with van der Waals surface area (Å²) in [5.41, 5.74) is 7.51. The SMILES string of the molecule is NCC1CCCC(CN2C(=O)C(Cc3c[nH]c4ccccc34)N(S(=O)(=O)c3ccc(Oc4cccc(Cl)c4)c(Cl)c3)C2=O)C1. The van der Waals surface area contributed by atoms with Gasteiger partial charge in [0.05, 0.1) is 9.92 Å². The third-order valence-electron chi connectivity index (χ3n) is 8.49. The van der Waals surface area contributed by atoms with Gasteiger partial charge in [0.15, 0.2) is 0 Å². The first-order chi connectivity index (χ1) is 21.2. The van der Waals surface area contributed by atoms with Crippen LogP contribution in [0.1, 0.15) is 31.2 Å². The van der Waals surface area contributed by atoms with Crippen LogP contribution in [0, 0.1) is 11.8 Å². The lowest BCUT2D eigenvalue weighted by Crippen LogP contribution is -2.41. The first-order valence-electron chi connectivity index (χ1n) is 14.5. The number of halogens is 2. The number of H-pyrrole nitrogens is 1. The Morgan fingerprint density at radius 3 is 2.55 bits per heavy atom. The van der Waals surface area contributed by atoms with Gasteiger partial charge >= 0.3 is 6.03 Å². The normalized spacial score (nSPS) is 20.9. The molecule has 0 spiro atoms. The van der Waals surface area contributed by atoms with Gasteiger partial charge in [-0.15, -0.1) is 0 Å². The lowest BCUT2D eigenvalue weighted by molar-refractivity contribution is -0.128. The maximum atomic E-state index is 14.2. The highest BCUT2D eigenvalue weighted by molar-refractivity contribution is 7.89. The number of ether oxygens (including phenoxy) is 1. The van der Waals surface area contributed by atoms with Crippen LogP contribution >= 0.6 is 23.2 Å². The standard InChI is InChI=1S/C32H32Cl2N4O5S/c33-23-7-4-8-24(15-23)43-30-12-11-25(16-27(30)34)44(41,42)38-29(14-22-18-36-28-10-2-1-9-26(22)28)31(39)37(32(38)40)19-21-6-3-5-20(13-21)17-35/h1-2,4,7-12,15-16,18,20-21,29,36H,3,5-6,13-14,17,19,35H2. The van der Waals surface area contributed by atoms with E-state index in [-0.39, 0.29) is 34.6 Å². The summed E-state index contributed by atoms with van der Waals surface area (Å²) in [6.45, 7) is 0.692. The minimum atomic E-state index is -4.50. The van der Waals surface area contributed by atoms with Gasteiger partial charge in [-0.05, 0) is 85.7 Å². The highest BCUT2D eigenvalue weighted by atomic mass is 35.5. The van der Waals surface area contributed by atoms with Crippen molar-refractivity contribution in [3.8, 4) is 11.5 Å². The highest BCUT2D eigenvalue weighted by Gasteiger charge is 2.52. The average molecular weight is 656 g/mol. The number of imide groups is 1. The molecule has 3 amide bonds. The van der Waals surface area contributed by atoms with E-state index in [4.69, 9.17) is 33.7 Å². The molecular formula is C32H32Cl2N4O5S. The van der Waals surface area contributed by atoms with Gasteiger partial charge in [0.25, 0.3) is 15.9 Å². The predicted octanol–water partition coefficient (Wildman–Crippen LogP) is 6.60. The van der Waals surface area contributed by atoms with Crippen molar-refractivity contribution in [2.75, 3.05) is 13.1 Å². The predicted molar refractivity (Wildman–Crippen MR) is 169 cm³/mol. The van der Waals surface area contributed by atoms with Crippen molar-refractivity contribution in [3.63, 3.8) is 0 Å². The Labute approximate surface area is 265 Å². The summed E-state index contributed by atoms with van der Waals surface area (Å²) in [6, 6.07) is 16.1. The van der Waals surface area contributed by atoms with Crippen molar-refractivity contribution < 1.29 is 22.7 Å². The third kappa shape index (κ3) is 5.91. The Bertz CT molecular complexity index is 1830. The van der Waals surface area contributed by atoms with E-state index in [0.717, 1.165) is 51.4 Å². The molecule has 3 aromatic carbocycles. The topological polar surface area (TPSA) is 126 Å². The lowest BCUT2D eigenvalue weighted by atomic mass is 9.81. The van der Waals surface area contributed by atoms with Crippen LogP contribution in [-0.2, 0) is 21.2 Å². The molecular weight excluding hydrogens is 623 g/mol. The molecule has 3 atom stereocenters. The van der Waals surface area contributed by atoms with E-state index in [1.54, 1.807) is 30.5 Å². The quantitative estimate of drug-likeness (QED) is 0.196. The van der Waals surface area contributed by atoms with Crippen molar-refractivity contribution in [1.82, 2.24) is 14.2 Å². The number of fused-ring (bicyclic) bond motifs is 1. The number of rotatable bonds is 9. The van der Waals surface area contributed by atoms with Crippen LogP contribution in [-0.4, -0.2) is 53.7 Å². The number of amides is 3. The fraction of sp³-hybridized carbons (Fsp3) is 0.312. The first kappa shape index (κ1) is 30.5. The molecule has 4 aromatic rings. The molecule has 2 fully saturated rings. The number of hydrogen-bond donors (Lipinski definition) is 2. The molecule has 1 saturated carbocycles. The summed E-state index contributed by atoms with van der Waals surface area (Å²) < 4.78 is 34.9. The monoisotopic (exact) mass is 654 g/mol. The zero-order valence-electron chi connectivity index (χ0n) is 23.8. The van der Waals surface area contributed by atoms with E-state index < -0.39 is 28.0 Å². The third-order valence-corrected chi connectivity index (χ3v) is 10.8. The van der Waals surface area contributed by atoms with E-state index in [1.165, 1.54) is 18.2 Å². The number of carbonyl (C=O) groups is 2. The van der Waals surface area contributed by atoms with Crippen molar-refractivity contribution in [3.05, 3.63) is 88.5 Å². The van der Waals surface area contributed by atoms with Crippen molar-refractivity contribution in [2.45, 2.75) is 43.0 Å². The summed E-state index contributed by atoms with van der Waals surface area (Å²) in [7, 11) is -4.50. The number of benzene rings is 3. The summed E-state index contributed by atoms with van der Waals surface area (Å²) in [4.78, 5) is 31.9. The van der Waals surface area contributed by atoms with Crippen LogP contribution < -0.4 is 10.5 Å². The fourth-order valence-electron chi connectivity index (χ4n) is 6.28.